The number of carbonyl (C=O) groups is 1. The van der Waals surface area contributed by atoms with Crippen LogP contribution in [0.2, 0.25) is 0 Å². The minimum Gasteiger partial charge on any atom is -0.331 e. The van der Waals surface area contributed by atoms with Crippen molar-refractivity contribution in [2.75, 3.05) is 5.32 Å². The molecule has 0 heterocycles. The van der Waals surface area contributed by atoms with Crippen molar-refractivity contribution in [3.05, 3.63) is 101 Å². The van der Waals surface area contributed by atoms with Gasteiger partial charge < -0.3 is 5.32 Å². The van der Waals surface area contributed by atoms with Crippen LogP contribution in [-0.4, -0.2) is 11.0 Å². The molecule has 0 saturated carbocycles. The summed E-state index contributed by atoms with van der Waals surface area (Å²) in [7, 11) is 0. The quantitative estimate of drug-likeness (QED) is 0.456. The number of hydrogen-bond acceptors (Lipinski definition) is 2. The number of aryl methyl sites for hydroxylation is 1. The van der Waals surface area contributed by atoms with E-state index in [1.165, 1.54) is 5.56 Å². The molecule has 0 aliphatic heterocycles. The van der Waals surface area contributed by atoms with Gasteiger partial charge in [-0.2, -0.15) is 0 Å². The van der Waals surface area contributed by atoms with Crippen molar-refractivity contribution in [3.63, 3.8) is 0 Å². The van der Waals surface area contributed by atoms with Crippen molar-refractivity contribution in [3.8, 4) is 0 Å². The summed E-state index contributed by atoms with van der Waals surface area (Å²) in [5.74, 6) is -0.610. The molecule has 0 radical (unpaired) electrons. The van der Waals surface area contributed by atoms with Crippen LogP contribution in [0.1, 0.15) is 28.2 Å². The van der Waals surface area contributed by atoms with E-state index in [1.807, 2.05) is 92.7 Å². The fraction of sp³-hybridized carbons (Fsp3) is 0.130. The zero-order valence-electron chi connectivity index (χ0n) is 15.9. The van der Waals surface area contributed by atoms with E-state index in [-0.39, 0.29) is 5.91 Å². The monoisotopic (exact) mass is 389 g/mol. The van der Waals surface area contributed by atoms with Gasteiger partial charge in [0.2, 0.25) is 5.91 Å². The SMILES string of the molecule is Cc1cccc(NC(=S)NNC(=O)C(c2ccccc2)c2ccccc2)c1C. The first-order valence-electron chi connectivity index (χ1n) is 9.09. The zero-order valence-corrected chi connectivity index (χ0v) is 16.7. The largest absolute Gasteiger partial charge is 0.331 e. The second-order valence-electron chi connectivity index (χ2n) is 6.57. The summed E-state index contributed by atoms with van der Waals surface area (Å²) in [6.07, 6.45) is 0. The molecule has 0 aromatic heterocycles. The Labute approximate surface area is 171 Å². The molecule has 28 heavy (non-hydrogen) atoms. The Morgan fingerprint density at radius 2 is 1.36 bits per heavy atom. The van der Waals surface area contributed by atoms with E-state index in [0.29, 0.717) is 5.11 Å². The van der Waals surface area contributed by atoms with Crippen LogP contribution in [0.5, 0.6) is 0 Å². The Kier molecular flexibility index (Phi) is 6.40. The summed E-state index contributed by atoms with van der Waals surface area (Å²) in [5.41, 5.74) is 10.6. The third kappa shape index (κ3) is 4.75. The molecule has 3 N–H and O–H groups in total. The number of anilines is 1. The first-order valence-corrected chi connectivity index (χ1v) is 9.50. The maximum Gasteiger partial charge on any atom is 0.250 e. The van der Waals surface area contributed by atoms with E-state index in [9.17, 15) is 4.79 Å². The van der Waals surface area contributed by atoms with Gasteiger partial charge in [-0.1, -0.05) is 72.8 Å². The Hall–Kier alpha value is -3.18. The highest BCUT2D eigenvalue weighted by Crippen LogP contribution is 2.24. The van der Waals surface area contributed by atoms with Crippen molar-refractivity contribution < 1.29 is 4.79 Å². The fourth-order valence-electron chi connectivity index (χ4n) is 3.02. The van der Waals surface area contributed by atoms with Crippen molar-refractivity contribution in [2.45, 2.75) is 19.8 Å². The lowest BCUT2D eigenvalue weighted by molar-refractivity contribution is -0.122. The van der Waals surface area contributed by atoms with Gasteiger partial charge in [-0.3, -0.25) is 15.6 Å². The Morgan fingerprint density at radius 3 is 1.93 bits per heavy atom. The smallest absolute Gasteiger partial charge is 0.250 e. The predicted octanol–water partition coefficient (Wildman–Crippen LogP) is 4.45. The average molecular weight is 390 g/mol. The number of hydrazine groups is 1. The minimum atomic E-state index is -0.432. The Balaban J connectivity index is 1.70. The van der Waals surface area contributed by atoms with Gasteiger partial charge in [0.15, 0.2) is 5.11 Å². The highest BCUT2D eigenvalue weighted by molar-refractivity contribution is 7.80. The van der Waals surface area contributed by atoms with Crippen molar-refractivity contribution in [1.82, 2.24) is 10.9 Å². The average Bonchev–Trinajstić information content (AvgIpc) is 2.72. The molecule has 142 valence electrons. The van der Waals surface area contributed by atoms with Gasteiger partial charge in [0.25, 0.3) is 0 Å². The van der Waals surface area contributed by atoms with E-state index in [2.05, 4.69) is 16.2 Å². The summed E-state index contributed by atoms with van der Waals surface area (Å²) < 4.78 is 0. The summed E-state index contributed by atoms with van der Waals surface area (Å²) in [6.45, 7) is 4.07. The van der Waals surface area contributed by atoms with Crippen LogP contribution in [-0.2, 0) is 4.79 Å². The van der Waals surface area contributed by atoms with Gasteiger partial charge in [0.1, 0.15) is 0 Å². The number of carbonyl (C=O) groups excluding carboxylic acids is 1. The maximum atomic E-state index is 13.0. The third-order valence-electron chi connectivity index (χ3n) is 4.68. The van der Waals surface area contributed by atoms with Gasteiger partial charge in [-0.25, -0.2) is 0 Å². The van der Waals surface area contributed by atoms with E-state index in [0.717, 1.165) is 22.4 Å². The standard InChI is InChI=1S/C23H23N3OS/c1-16-10-9-15-20(17(16)2)24-23(28)26-25-22(27)21(18-11-5-3-6-12-18)19-13-7-4-8-14-19/h3-15,21H,1-2H3,(H,25,27)(H2,24,26,28). The molecule has 0 saturated heterocycles. The Morgan fingerprint density at radius 1 is 0.786 bits per heavy atom. The van der Waals surface area contributed by atoms with Gasteiger partial charge in [-0.15, -0.1) is 0 Å². The van der Waals surface area contributed by atoms with Gasteiger partial charge >= 0.3 is 0 Å². The molecule has 0 aliphatic carbocycles. The topological polar surface area (TPSA) is 53.2 Å². The van der Waals surface area contributed by atoms with Crippen LogP contribution in [0.4, 0.5) is 5.69 Å². The first-order chi connectivity index (χ1) is 13.6. The van der Waals surface area contributed by atoms with Crippen LogP contribution < -0.4 is 16.2 Å². The van der Waals surface area contributed by atoms with E-state index in [4.69, 9.17) is 12.2 Å². The maximum absolute atomic E-state index is 13.0. The second kappa shape index (κ2) is 9.15. The normalized spacial score (nSPS) is 10.4. The van der Waals surface area contributed by atoms with Crippen LogP contribution in [0.15, 0.2) is 78.9 Å². The van der Waals surface area contributed by atoms with E-state index in [1.54, 1.807) is 0 Å². The van der Waals surface area contributed by atoms with Crippen molar-refractivity contribution >= 4 is 28.9 Å². The number of amides is 1. The van der Waals surface area contributed by atoms with Crippen molar-refractivity contribution in [1.29, 1.82) is 0 Å². The number of benzene rings is 3. The summed E-state index contributed by atoms with van der Waals surface area (Å²) >= 11 is 5.34. The van der Waals surface area contributed by atoms with Crippen LogP contribution in [0.25, 0.3) is 0 Å². The number of nitrogens with one attached hydrogen (secondary N) is 3. The van der Waals surface area contributed by atoms with E-state index >= 15 is 0 Å². The van der Waals surface area contributed by atoms with E-state index < -0.39 is 5.92 Å². The van der Waals surface area contributed by atoms with Crippen LogP contribution in [0, 0.1) is 13.8 Å². The summed E-state index contributed by atoms with van der Waals surface area (Å²) in [4.78, 5) is 13.0. The number of hydrogen-bond donors (Lipinski definition) is 3. The molecule has 0 bridgehead atoms. The van der Waals surface area contributed by atoms with Crippen molar-refractivity contribution in [2.24, 2.45) is 0 Å². The first kappa shape index (κ1) is 19.6. The Bertz CT molecular complexity index is 919. The molecule has 0 spiro atoms. The van der Waals surface area contributed by atoms with Gasteiger partial charge in [0.05, 0.1) is 5.92 Å². The lowest BCUT2D eigenvalue weighted by Gasteiger charge is -2.19. The van der Waals surface area contributed by atoms with Crippen LogP contribution >= 0.6 is 12.2 Å². The lowest BCUT2D eigenvalue weighted by Crippen LogP contribution is -2.46. The molecular formula is C23H23N3OS. The zero-order chi connectivity index (χ0) is 19.9. The minimum absolute atomic E-state index is 0.178. The molecule has 0 fully saturated rings. The van der Waals surface area contributed by atoms with Gasteiger partial charge in [-0.05, 0) is 54.4 Å². The highest BCUT2D eigenvalue weighted by Gasteiger charge is 2.22. The molecule has 3 aromatic rings. The third-order valence-corrected chi connectivity index (χ3v) is 4.88. The fourth-order valence-corrected chi connectivity index (χ4v) is 3.18. The molecule has 4 nitrogen and oxygen atoms in total. The molecule has 0 atom stereocenters. The molecule has 1 amide bonds. The molecule has 3 rings (SSSR count). The molecule has 0 unspecified atom stereocenters. The number of rotatable bonds is 4. The second-order valence-corrected chi connectivity index (χ2v) is 6.98. The van der Waals surface area contributed by atoms with Crippen LogP contribution in [0.3, 0.4) is 0 Å². The predicted molar refractivity (Wildman–Crippen MR) is 118 cm³/mol. The lowest BCUT2D eigenvalue weighted by atomic mass is 9.91. The summed E-state index contributed by atoms with van der Waals surface area (Å²) in [6, 6.07) is 25.3. The molecule has 5 heteroatoms. The molecule has 3 aromatic carbocycles. The molecule has 0 aliphatic rings. The summed E-state index contributed by atoms with van der Waals surface area (Å²) in [5, 5.41) is 3.47. The highest BCUT2D eigenvalue weighted by atomic mass is 32.1. The number of thiocarbonyl (C=S) groups is 1. The van der Waals surface area contributed by atoms with Gasteiger partial charge in [0, 0.05) is 5.69 Å². The molecular weight excluding hydrogens is 366 g/mol.